The molecule has 1 unspecified atom stereocenters. The molecule has 0 bridgehead atoms. The van der Waals surface area contributed by atoms with Gasteiger partial charge in [-0.05, 0) is 6.92 Å². The molecule has 0 fully saturated rings. The maximum atomic E-state index is 9.35. The smallest absolute Gasteiger partial charge is 0.139 e. The maximum absolute atomic E-state index is 9.35. The van der Waals surface area contributed by atoms with Crippen molar-refractivity contribution in [2.75, 3.05) is 0 Å². The summed E-state index contributed by atoms with van der Waals surface area (Å²) in [7, 11) is 0. The molecule has 3 heteroatoms. The minimum absolute atomic E-state index is 0.360. The number of aliphatic hydroxyl groups is 1. The Bertz CT molecular complexity index is 420. The van der Waals surface area contributed by atoms with Gasteiger partial charge in [0.15, 0.2) is 0 Å². The number of hydrogen-bond acceptors (Lipinski definition) is 2. The van der Waals surface area contributed by atoms with Crippen LogP contribution in [0.2, 0.25) is 0 Å². The molecule has 0 aliphatic rings. The molecule has 2 rings (SSSR count). The van der Waals surface area contributed by atoms with Crippen LogP contribution in [-0.4, -0.2) is 20.8 Å². The third-order valence-corrected chi connectivity index (χ3v) is 2.21. The minimum atomic E-state index is -0.360. The van der Waals surface area contributed by atoms with E-state index in [1.807, 2.05) is 41.1 Å². The summed E-state index contributed by atoms with van der Waals surface area (Å²) in [5, 5.41) is 9.35. The van der Waals surface area contributed by atoms with E-state index in [0.29, 0.717) is 6.54 Å². The van der Waals surface area contributed by atoms with Crippen LogP contribution in [-0.2, 0) is 6.54 Å². The van der Waals surface area contributed by atoms with Crippen LogP contribution >= 0.6 is 0 Å². The standard InChI is InChI=1S/C12H14N2O/c1-10(15)9-14-8-7-13-12(14)11-5-3-2-4-6-11/h2-8,10,15H,9H2,1H3. The Labute approximate surface area is 89.0 Å². The van der Waals surface area contributed by atoms with Crippen molar-refractivity contribution in [3.63, 3.8) is 0 Å². The SMILES string of the molecule is CC(O)Cn1ccnc1-c1ccccc1. The van der Waals surface area contributed by atoms with Gasteiger partial charge in [-0.15, -0.1) is 0 Å². The number of nitrogens with zero attached hydrogens (tertiary/aromatic N) is 2. The van der Waals surface area contributed by atoms with E-state index in [4.69, 9.17) is 0 Å². The molecule has 1 aromatic carbocycles. The molecule has 1 aromatic heterocycles. The summed E-state index contributed by atoms with van der Waals surface area (Å²) in [6, 6.07) is 9.97. The molecule has 2 aromatic rings. The lowest BCUT2D eigenvalue weighted by Gasteiger charge is -2.09. The van der Waals surface area contributed by atoms with Gasteiger partial charge in [-0.25, -0.2) is 4.98 Å². The Morgan fingerprint density at radius 1 is 1.33 bits per heavy atom. The predicted molar refractivity (Wildman–Crippen MR) is 59.3 cm³/mol. The van der Waals surface area contributed by atoms with Gasteiger partial charge in [-0.2, -0.15) is 0 Å². The highest BCUT2D eigenvalue weighted by molar-refractivity contribution is 5.55. The topological polar surface area (TPSA) is 38.0 Å². The molecular weight excluding hydrogens is 188 g/mol. The summed E-state index contributed by atoms with van der Waals surface area (Å²) in [6.45, 7) is 2.35. The minimum Gasteiger partial charge on any atom is -0.392 e. The monoisotopic (exact) mass is 202 g/mol. The zero-order chi connectivity index (χ0) is 10.7. The highest BCUT2D eigenvalue weighted by Crippen LogP contribution is 2.16. The lowest BCUT2D eigenvalue weighted by atomic mass is 10.2. The fraction of sp³-hybridized carbons (Fsp3) is 0.250. The fourth-order valence-electron chi connectivity index (χ4n) is 1.59. The average Bonchev–Trinajstić information content (AvgIpc) is 2.66. The largest absolute Gasteiger partial charge is 0.392 e. The molecule has 0 spiro atoms. The van der Waals surface area contributed by atoms with E-state index in [1.54, 1.807) is 13.1 Å². The van der Waals surface area contributed by atoms with Crippen molar-refractivity contribution in [2.24, 2.45) is 0 Å². The number of aliphatic hydroxyl groups excluding tert-OH is 1. The Hall–Kier alpha value is -1.61. The Morgan fingerprint density at radius 2 is 2.07 bits per heavy atom. The van der Waals surface area contributed by atoms with Gasteiger partial charge >= 0.3 is 0 Å². The maximum Gasteiger partial charge on any atom is 0.139 e. The molecular formula is C12H14N2O. The van der Waals surface area contributed by atoms with Crippen molar-refractivity contribution in [3.8, 4) is 11.4 Å². The molecule has 0 aliphatic carbocycles. The third kappa shape index (κ3) is 2.25. The number of imidazole rings is 1. The first-order valence-electron chi connectivity index (χ1n) is 5.02. The quantitative estimate of drug-likeness (QED) is 0.825. The first-order chi connectivity index (χ1) is 7.27. The van der Waals surface area contributed by atoms with Crippen LogP contribution in [0.1, 0.15) is 6.92 Å². The van der Waals surface area contributed by atoms with Crippen LogP contribution in [0.3, 0.4) is 0 Å². The summed E-state index contributed by atoms with van der Waals surface area (Å²) in [6.07, 6.45) is 3.28. The molecule has 0 radical (unpaired) electrons. The molecule has 0 aliphatic heterocycles. The lowest BCUT2D eigenvalue weighted by Crippen LogP contribution is -2.11. The molecule has 78 valence electrons. The fourth-order valence-corrected chi connectivity index (χ4v) is 1.59. The van der Waals surface area contributed by atoms with Crippen molar-refractivity contribution in [3.05, 3.63) is 42.7 Å². The Morgan fingerprint density at radius 3 is 2.73 bits per heavy atom. The van der Waals surface area contributed by atoms with Crippen LogP contribution < -0.4 is 0 Å². The second kappa shape index (κ2) is 4.28. The van der Waals surface area contributed by atoms with Crippen LogP contribution in [0.4, 0.5) is 0 Å². The number of hydrogen-bond donors (Lipinski definition) is 1. The second-order valence-corrected chi connectivity index (χ2v) is 3.62. The van der Waals surface area contributed by atoms with Crippen LogP contribution in [0.5, 0.6) is 0 Å². The first-order valence-corrected chi connectivity index (χ1v) is 5.02. The highest BCUT2D eigenvalue weighted by Gasteiger charge is 2.06. The van der Waals surface area contributed by atoms with Crippen LogP contribution in [0, 0.1) is 0 Å². The van der Waals surface area contributed by atoms with Crippen LogP contribution in [0.15, 0.2) is 42.7 Å². The molecule has 3 nitrogen and oxygen atoms in total. The lowest BCUT2D eigenvalue weighted by molar-refractivity contribution is 0.174. The zero-order valence-corrected chi connectivity index (χ0v) is 8.67. The molecule has 0 amide bonds. The molecule has 0 saturated heterocycles. The van der Waals surface area contributed by atoms with E-state index >= 15 is 0 Å². The summed E-state index contributed by atoms with van der Waals surface area (Å²) < 4.78 is 1.96. The Balaban J connectivity index is 2.33. The number of aromatic nitrogens is 2. The molecule has 1 N–H and O–H groups in total. The molecule has 0 saturated carbocycles. The van der Waals surface area contributed by atoms with Gasteiger partial charge in [0.05, 0.1) is 6.10 Å². The van der Waals surface area contributed by atoms with Crippen molar-refractivity contribution < 1.29 is 5.11 Å². The van der Waals surface area contributed by atoms with Gasteiger partial charge in [-0.1, -0.05) is 30.3 Å². The molecule has 1 atom stereocenters. The summed E-state index contributed by atoms with van der Waals surface area (Å²) in [4.78, 5) is 4.29. The molecule has 1 heterocycles. The average molecular weight is 202 g/mol. The summed E-state index contributed by atoms with van der Waals surface area (Å²) in [5.41, 5.74) is 1.07. The van der Waals surface area contributed by atoms with Crippen molar-refractivity contribution in [2.45, 2.75) is 19.6 Å². The van der Waals surface area contributed by atoms with E-state index in [0.717, 1.165) is 11.4 Å². The highest BCUT2D eigenvalue weighted by atomic mass is 16.3. The normalized spacial score (nSPS) is 12.7. The van der Waals surface area contributed by atoms with Crippen molar-refractivity contribution >= 4 is 0 Å². The van der Waals surface area contributed by atoms with Gasteiger partial charge in [0.25, 0.3) is 0 Å². The second-order valence-electron chi connectivity index (χ2n) is 3.62. The van der Waals surface area contributed by atoms with Gasteiger partial charge in [-0.3, -0.25) is 0 Å². The van der Waals surface area contributed by atoms with E-state index in [2.05, 4.69) is 4.98 Å². The predicted octanol–water partition coefficient (Wildman–Crippen LogP) is 1.93. The van der Waals surface area contributed by atoms with Gasteiger partial charge < -0.3 is 9.67 Å². The van der Waals surface area contributed by atoms with E-state index in [1.165, 1.54) is 0 Å². The zero-order valence-electron chi connectivity index (χ0n) is 8.67. The third-order valence-electron chi connectivity index (χ3n) is 2.21. The molecule has 15 heavy (non-hydrogen) atoms. The van der Waals surface area contributed by atoms with Crippen LogP contribution in [0.25, 0.3) is 11.4 Å². The van der Waals surface area contributed by atoms with Crippen molar-refractivity contribution in [1.82, 2.24) is 9.55 Å². The van der Waals surface area contributed by atoms with E-state index < -0.39 is 0 Å². The summed E-state index contributed by atoms with van der Waals surface area (Å²) >= 11 is 0. The number of rotatable bonds is 3. The van der Waals surface area contributed by atoms with E-state index in [9.17, 15) is 5.11 Å². The van der Waals surface area contributed by atoms with Crippen molar-refractivity contribution in [1.29, 1.82) is 0 Å². The van der Waals surface area contributed by atoms with Gasteiger partial charge in [0.1, 0.15) is 5.82 Å². The Kier molecular flexibility index (Phi) is 2.83. The summed E-state index contributed by atoms with van der Waals surface area (Å²) in [5.74, 6) is 0.900. The first kappa shape index (κ1) is 9.93. The number of benzene rings is 1. The van der Waals surface area contributed by atoms with E-state index in [-0.39, 0.29) is 6.10 Å². The van der Waals surface area contributed by atoms with Gasteiger partial charge in [0, 0.05) is 24.5 Å². The van der Waals surface area contributed by atoms with Gasteiger partial charge in [0.2, 0.25) is 0 Å².